The van der Waals surface area contributed by atoms with E-state index in [0.29, 0.717) is 0 Å². The van der Waals surface area contributed by atoms with Crippen molar-refractivity contribution in [2.24, 2.45) is 0 Å². The summed E-state index contributed by atoms with van der Waals surface area (Å²) in [4.78, 5) is 33.5. The zero-order valence-corrected chi connectivity index (χ0v) is 11.4. The first-order valence-electron chi connectivity index (χ1n) is 5.41. The molecule has 0 aliphatic heterocycles. The van der Waals surface area contributed by atoms with Crippen molar-refractivity contribution < 1.29 is 24.6 Å². The van der Waals surface area contributed by atoms with Gasteiger partial charge in [0.25, 0.3) is 0 Å². The average Bonchev–Trinajstić information content (AvgIpc) is 2.53. The van der Waals surface area contributed by atoms with Crippen LogP contribution < -0.4 is 10.6 Å². The number of carboxylic acid groups (broad SMARTS) is 2. The summed E-state index contributed by atoms with van der Waals surface area (Å²) in [6.07, 6.45) is 0. The van der Waals surface area contributed by atoms with Crippen LogP contribution in [0.4, 0.5) is 9.80 Å². The van der Waals surface area contributed by atoms with Gasteiger partial charge in [-0.05, 0) is 26.3 Å². The maximum Gasteiger partial charge on any atom is 0.346 e. The zero-order valence-electron chi connectivity index (χ0n) is 10.6. The highest BCUT2D eigenvalue weighted by atomic mass is 32.1. The van der Waals surface area contributed by atoms with Gasteiger partial charge in [0.2, 0.25) is 0 Å². The van der Waals surface area contributed by atoms with Crippen molar-refractivity contribution in [1.82, 2.24) is 5.32 Å². The molecule has 1 aromatic rings. The normalized spacial score (nSPS) is 10.3. The number of thiophene rings is 1. The van der Waals surface area contributed by atoms with E-state index in [9.17, 15) is 14.4 Å². The molecule has 0 spiro atoms. The Hall–Kier alpha value is -2.09. The molecule has 8 heteroatoms. The summed E-state index contributed by atoms with van der Waals surface area (Å²) in [5, 5.41) is 22.9. The molecule has 4 N–H and O–H groups in total. The van der Waals surface area contributed by atoms with Crippen molar-refractivity contribution in [3.8, 4) is 0 Å². The molecule has 0 atom stereocenters. The lowest BCUT2D eigenvalue weighted by molar-refractivity contribution is 0.0696. The highest BCUT2D eigenvalue weighted by molar-refractivity contribution is 7.18. The van der Waals surface area contributed by atoms with E-state index in [1.807, 2.05) is 0 Å². The maximum atomic E-state index is 11.5. The Morgan fingerprint density at radius 2 is 1.74 bits per heavy atom. The van der Waals surface area contributed by atoms with Crippen molar-refractivity contribution in [3.05, 3.63) is 16.0 Å². The molecule has 0 radical (unpaired) electrons. The number of hydrogen-bond acceptors (Lipinski definition) is 4. The number of urea groups is 1. The largest absolute Gasteiger partial charge is 0.478 e. The van der Waals surface area contributed by atoms with Gasteiger partial charge >= 0.3 is 18.0 Å². The lowest BCUT2D eigenvalue weighted by atomic mass is 10.1. The summed E-state index contributed by atoms with van der Waals surface area (Å²) in [7, 11) is 0. The van der Waals surface area contributed by atoms with Crippen LogP contribution in [0.2, 0.25) is 0 Å². The van der Waals surface area contributed by atoms with Crippen LogP contribution in [0.1, 0.15) is 39.4 Å². The quantitative estimate of drug-likeness (QED) is 0.675. The number of carbonyl (C=O) groups is 3. The standard InChI is InChI=1S/C11H14N2O5S/c1-4(2)12-11(18)13-8-6(9(14)15)5(3)7(19-8)10(16)17/h4H,1-3H3,(H,14,15)(H,16,17)(H2,12,13,18). The van der Waals surface area contributed by atoms with Crippen molar-refractivity contribution in [2.45, 2.75) is 26.8 Å². The predicted molar refractivity (Wildman–Crippen MR) is 70.3 cm³/mol. The van der Waals surface area contributed by atoms with E-state index < -0.39 is 18.0 Å². The van der Waals surface area contributed by atoms with E-state index >= 15 is 0 Å². The fraction of sp³-hybridized carbons (Fsp3) is 0.364. The van der Waals surface area contributed by atoms with Crippen molar-refractivity contribution in [1.29, 1.82) is 0 Å². The van der Waals surface area contributed by atoms with E-state index in [0.717, 1.165) is 11.3 Å². The first-order valence-corrected chi connectivity index (χ1v) is 6.23. The summed E-state index contributed by atoms with van der Waals surface area (Å²) in [6.45, 7) is 4.90. The Kier molecular flexibility index (Phi) is 4.49. The van der Waals surface area contributed by atoms with Gasteiger partial charge in [-0.2, -0.15) is 0 Å². The number of nitrogens with one attached hydrogen (secondary N) is 2. The number of carboxylic acids is 2. The Morgan fingerprint density at radius 1 is 1.16 bits per heavy atom. The minimum absolute atomic E-state index is 0.0144. The second kappa shape index (κ2) is 5.70. The van der Waals surface area contributed by atoms with Crippen LogP contribution in [0.15, 0.2) is 0 Å². The van der Waals surface area contributed by atoms with Gasteiger partial charge in [0.15, 0.2) is 0 Å². The number of anilines is 1. The van der Waals surface area contributed by atoms with Gasteiger partial charge in [0.1, 0.15) is 9.88 Å². The van der Waals surface area contributed by atoms with Gasteiger partial charge in [-0.3, -0.25) is 5.32 Å². The van der Waals surface area contributed by atoms with Gasteiger partial charge in [-0.1, -0.05) is 0 Å². The number of aromatic carboxylic acids is 2. The molecule has 2 amide bonds. The monoisotopic (exact) mass is 286 g/mol. The molecule has 0 aliphatic carbocycles. The summed E-state index contributed by atoms with van der Waals surface area (Å²) < 4.78 is 0. The number of hydrogen-bond donors (Lipinski definition) is 4. The Balaban J connectivity index is 3.13. The highest BCUT2D eigenvalue weighted by Gasteiger charge is 2.25. The lowest BCUT2D eigenvalue weighted by Crippen LogP contribution is -2.34. The van der Waals surface area contributed by atoms with Crippen LogP contribution >= 0.6 is 11.3 Å². The molecule has 0 bridgehead atoms. The second-order valence-corrected chi connectivity index (χ2v) is 5.14. The Labute approximate surface area is 113 Å². The number of carbonyl (C=O) groups excluding carboxylic acids is 1. The Bertz CT molecular complexity index is 535. The summed E-state index contributed by atoms with van der Waals surface area (Å²) in [6, 6.07) is -0.691. The zero-order chi connectivity index (χ0) is 14.7. The lowest BCUT2D eigenvalue weighted by Gasteiger charge is -2.09. The molecular formula is C11H14N2O5S. The number of amides is 2. The van der Waals surface area contributed by atoms with Gasteiger partial charge in [0.05, 0.1) is 5.56 Å². The van der Waals surface area contributed by atoms with Crippen molar-refractivity contribution in [3.63, 3.8) is 0 Å². The van der Waals surface area contributed by atoms with Crippen molar-refractivity contribution >= 4 is 34.3 Å². The molecule has 19 heavy (non-hydrogen) atoms. The van der Waals surface area contributed by atoms with Crippen LogP contribution in [-0.4, -0.2) is 34.2 Å². The molecule has 7 nitrogen and oxygen atoms in total. The van der Waals surface area contributed by atoms with Crippen LogP contribution in [-0.2, 0) is 0 Å². The summed E-state index contributed by atoms with van der Waals surface area (Å²) in [5.74, 6) is -2.50. The Morgan fingerprint density at radius 3 is 2.16 bits per heavy atom. The second-order valence-electron chi connectivity index (χ2n) is 4.12. The predicted octanol–water partition coefficient (Wildman–Crippen LogP) is 1.98. The minimum Gasteiger partial charge on any atom is -0.478 e. The molecule has 0 unspecified atom stereocenters. The van der Waals surface area contributed by atoms with Crippen LogP contribution in [0, 0.1) is 6.92 Å². The molecule has 104 valence electrons. The maximum absolute atomic E-state index is 11.5. The summed E-state index contributed by atoms with van der Waals surface area (Å²) >= 11 is 0.726. The van der Waals surface area contributed by atoms with E-state index in [2.05, 4.69) is 10.6 Å². The van der Waals surface area contributed by atoms with Gasteiger partial charge in [-0.15, -0.1) is 11.3 Å². The van der Waals surface area contributed by atoms with Crippen LogP contribution in [0.5, 0.6) is 0 Å². The molecule has 0 aromatic carbocycles. The molecule has 0 saturated heterocycles. The van der Waals surface area contributed by atoms with Crippen LogP contribution in [0.25, 0.3) is 0 Å². The van der Waals surface area contributed by atoms with E-state index in [4.69, 9.17) is 10.2 Å². The third-order valence-electron chi connectivity index (χ3n) is 2.20. The van der Waals surface area contributed by atoms with Crippen molar-refractivity contribution in [2.75, 3.05) is 5.32 Å². The van der Waals surface area contributed by atoms with E-state index in [1.165, 1.54) is 6.92 Å². The molecule has 0 saturated carbocycles. The van der Waals surface area contributed by atoms with Crippen LogP contribution in [0.3, 0.4) is 0 Å². The minimum atomic E-state index is -1.28. The fourth-order valence-electron chi connectivity index (χ4n) is 1.46. The molecule has 0 aliphatic rings. The van der Waals surface area contributed by atoms with E-state index in [-0.39, 0.29) is 27.0 Å². The topological polar surface area (TPSA) is 116 Å². The average molecular weight is 286 g/mol. The molecule has 1 aromatic heterocycles. The third-order valence-corrected chi connectivity index (χ3v) is 3.40. The van der Waals surface area contributed by atoms with Gasteiger partial charge in [0, 0.05) is 6.04 Å². The van der Waals surface area contributed by atoms with E-state index in [1.54, 1.807) is 13.8 Å². The molecule has 1 heterocycles. The SMILES string of the molecule is Cc1c(C(=O)O)sc(NC(=O)NC(C)C)c1C(=O)O. The van der Waals surface area contributed by atoms with Gasteiger partial charge < -0.3 is 15.5 Å². The third kappa shape index (κ3) is 3.44. The molecule has 1 rings (SSSR count). The first-order chi connectivity index (χ1) is 8.73. The highest BCUT2D eigenvalue weighted by Crippen LogP contribution is 2.33. The number of rotatable bonds is 4. The summed E-state index contributed by atoms with van der Waals surface area (Å²) in [5.41, 5.74) is -0.0637. The molecular weight excluding hydrogens is 272 g/mol. The smallest absolute Gasteiger partial charge is 0.346 e. The molecule has 0 fully saturated rings. The fourth-order valence-corrected chi connectivity index (χ4v) is 2.50. The first kappa shape index (κ1) is 15.0. The van der Waals surface area contributed by atoms with Gasteiger partial charge in [-0.25, -0.2) is 14.4 Å².